The molecule has 0 aromatic heterocycles. The first-order chi connectivity index (χ1) is 6.55. The zero-order valence-electron chi connectivity index (χ0n) is 10.1. The molecule has 1 saturated heterocycles. The molecule has 82 valence electrons. The van der Waals surface area contributed by atoms with Crippen molar-refractivity contribution in [3.8, 4) is 0 Å². The number of hydrogen-bond acceptors (Lipinski definition) is 1. The first kappa shape index (κ1) is 12.0. The van der Waals surface area contributed by atoms with E-state index in [0.717, 1.165) is 12.1 Å². The Morgan fingerprint density at radius 1 is 1.36 bits per heavy atom. The number of hydrogen-bond donors (Lipinski definition) is 0. The smallest absolute Gasteiger partial charge is 0.0638 e. The molecule has 1 aliphatic rings. The Hall–Kier alpha value is -0.0831. The molecule has 14 heavy (non-hydrogen) atoms. The predicted octanol–water partition coefficient (Wildman–Crippen LogP) is 3.29. The summed E-state index contributed by atoms with van der Waals surface area (Å²) in [6.45, 7) is 13.9. The van der Waals surface area contributed by atoms with Gasteiger partial charge in [-0.15, -0.1) is 6.58 Å². The second kappa shape index (κ2) is 5.13. The van der Waals surface area contributed by atoms with Crippen LogP contribution in [0.4, 0.5) is 0 Å². The number of likely N-dealkylation sites (tertiary alicyclic amines) is 1. The average Bonchev–Trinajstić information content (AvgIpc) is 2.14. The van der Waals surface area contributed by atoms with Crippen LogP contribution in [0, 0.1) is 0 Å². The lowest BCUT2D eigenvalue weighted by Gasteiger charge is -2.42. The molecular formula is C12H25NSi. The fourth-order valence-electron chi connectivity index (χ4n) is 2.50. The summed E-state index contributed by atoms with van der Waals surface area (Å²) in [4.78, 5) is 2.72. The van der Waals surface area contributed by atoms with Crippen LogP contribution in [0.1, 0.15) is 25.7 Å². The van der Waals surface area contributed by atoms with Gasteiger partial charge >= 0.3 is 0 Å². The van der Waals surface area contributed by atoms with E-state index in [1.165, 1.54) is 32.4 Å². The van der Waals surface area contributed by atoms with E-state index in [2.05, 4.69) is 37.2 Å². The van der Waals surface area contributed by atoms with Gasteiger partial charge in [0.15, 0.2) is 0 Å². The first-order valence-corrected chi connectivity index (χ1v) is 9.48. The molecule has 1 nitrogen and oxygen atoms in total. The molecule has 0 bridgehead atoms. The van der Waals surface area contributed by atoms with Crippen molar-refractivity contribution < 1.29 is 0 Å². The third-order valence-corrected chi connectivity index (χ3v) is 5.89. The maximum Gasteiger partial charge on any atom is 0.0638 e. The second-order valence-electron chi connectivity index (χ2n) is 5.49. The van der Waals surface area contributed by atoms with Crippen molar-refractivity contribution in [2.24, 2.45) is 0 Å². The fourth-order valence-corrected chi connectivity index (χ4v) is 4.92. The molecule has 0 aliphatic carbocycles. The first-order valence-electron chi connectivity index (χ1n) is 5.90. The van der Waals surface area contributed by atoms with Gasteiger partial charge in [0, 0.05) is 12.2 Å². The summed E-state index contributed by atoms with van der Waals surface area (Å²) in [5.74, 6) is 0. The summed E-state index contributed by atoms with van der Waals surface area (Å²) in [6, 6.07) is 0. The van der Waals surface area contributed by atoms with Crippen LogP contribution in [0.5, 0.6) is 0 Å². The Bertz CT molecular complexity index is 183. The van der Waals surface area contributed by atoms with Crippen molar-refractivity contribution in [3.05, 3.63) is 12.7 Å². The van der Waals surface area contributed by atoms with Gasteiger partial charge in [-0.05, 0) is 25.8 Å². The van der Waals surface area contributed by atoms with E-state index < -0.39 is 8.07 Å². The topological polar surface area (TPSA) is 3.24 Å². The van der Waals surface area contributed by atoms with Crippen LogP contribution >= 0.6 is 0 Å². The van der Waals surface area contributed by atoms with E-state index in [1.54, 1.807) is 0 Å². The Morgan fingerprint density at radius 3 is 2.64 bits per heavy atom. The molecule has 1 fully saturated rings. The van der Waals surface area contributed by atoms with E-state index in [4.69, 9.17) is 0 Å². The summed E-state index contributed by atoms with van der Waals surface area (Å²) in [5.41, 5.74) is 0.913. The van der Waals surface area contributed by atoms with Crippen LogP contribution in [0.25, 0.3) is 0 Å². The van der Waals surface area contributed by atoms with Gasteiger partial charge in [-0.1, -0.05) is 32.1 Å². The molecule has 0 aromatic rings. The number of piperidine rings is 1. The lowest BCUT2D eigenvalue weighted by molar-refractivity contribution is 0.197. The van der Waals surface area contributed by atoms with Crippen molar-refractivity contribution in [1.82, 2.24) is 4.90 Å². The van der Waals surface area contributed by atoms with Crippen molar-refractivity contribution >= 4 is 8.07 Å². The van der Waals surface area contributed by atoms with E-state index in [1.807, 2.05) is 0 Å². The van der Waals surface area contributed by atoms with E-state index in [9.17, 15) is 0 Å². The minimum Gasteiger partial charge on any atom is -0.303 e. The highest BCUT2D eigenvalue weighted by Crippen LogP contribution is 2.25. The molecule has 0 N–H and O–H groups in total. The number of nitrogens with zero attached hydrogens (tertiary/aromatic N) is 1. The van der Waals surface area contributed by atoms with Crippen molar-refractivity contribution in [3.63, 3.8) is 0 Å². The fraction of sp³-hybridized carbons (Fsp3) is 0.833. The third kappa shape index (κ3) is 3.25. The Labute approximate surface area is 90.2 Å². The van der Waals surface area contributed by atoms with Crippen LogP contribution in [0.2, 0.25) is 19.6 Å². The van der Waals surface area contributed by atoms with Gasteiger partial charge in [0.25, 0.3) is 0 Å². The molecule has 1 atom stereocenters. The van der Waals surface area contributed by atoms with Gasteiger partial charge in [0.05, 0.1) is 8.07 Å². The lowest BCUT2D eigenvalue weighted by Crippen LogP contribution is -2.53. The van der Waals surface area contributed by atoms with Gasteiger partial charge in [0.2, 0.25) is 0 Å². The summed E-state index contributed by atoms with van der Waals surface area (Å²) >= 11 is 0. The van der Waals surface area contributed by atoms with Crippen molar-refractivity contribution in [2.45, 2.75) is 51.0 Å². The standard InChI is InChI=1S/C12H25NSi/c1-5-6-10-13-11-8-7-9-12(13)14(2,3)4/h5,12H,1,6-11H2,2-4H3. The van der Waals surface area contributed by atoms with E-state index >= 15 is 0 Å². The summed E-state index contributed by atoms with van der Waals surface area (Å²) in [5, 5.41) is 0. The molecule has 0 radical (unpaired) electrons. The zero-order valence-corrected chi connectivity index (χ0v) is 11.1. The van der Waals surface area contributed by atoms with Crippen molar-refractivity contribution in [2.75, 3.05) is 13.1 Å². The van der Waals surface area contributed by atoms with Gasteiger partial charge in [-0.2, -0.15) is 0 Å². The maximum absolute atomic E-state index is 3.82. The summed E-state index contributed by atoms with van der Waals surface area (Å²) < 4.78 is 0. The Kier molecular flexibility index (Phi) is 4.39. The Balaban J connectivity index is 2.54. The minimum absolute atomic E-state index is 0.913. The molecule has 2 heteroatoms. The molecule has 0 spiro atoms. The SMILES string of the molecule is C=CCCN1CCCCC1[Si](C)(C)C. The summed E-state index contributed by atoms with van der Waals surface area (Å²) in [6.07, 6.45) is 7.49. The Morgan fingerprint density at radius 2 is 2.07 bits per heavy atom. The zero-order chi connectivity index (χ0) is 10.6. The van der Waals surface area contributed by atoms with Crippen LogP contribution in [-0.2, 0) is 0 Å². The average molecular weight is 211 g/mol. The van der Waals surface area contributed by atoms with Crippen LogP contribution in [0.3, 0.4) is 0 Å². The second-order valence-corrected chi connectivity index (χ2v) is 10.9. The molecule has 0 amide bonds. The molecule has 0 aromatic carbocycles. The molecule has 1 unspecified atom stereocenters. The lowest BCUT2D eigenvalue weighted by atomic mass is 10.1. The van der Waals surface area contributed by atoms with Crippen molar-refractivity contribution in [1.29, 1.82) is 0 Å². The highest BCUT2D eigenvalue weighted by Gasteiger charge is 2.32. The highest BCUT2D eigenvalue weighted by molar-refractivity contribution is 6.77. The minimum atomic E-state index is -0.978. The van der Waals surface area contributed by atoms with E-state index in [-0.39, 0.29) is 0 Å². The van der Waals surface area contributed by atoms with Gasteiger partial charge in [-0.25, -0.2) is 0 Å². The monoisotopic (exact) mass is 211 g/mol. The van der Waals surface area contributed by atoms with E-state index in [0.29, 0.717) is 0 Å². The third-order valence-electron chi connectivity index (χ3n) is 3.23. The van der Waals surface area contributed by atoms with Gasteiger partial charge in [0.1, 0.15) is 0 Å². The van der Waals surface area contributed by atoms with Gasteiger partial charge in [-0.3, -0.25) is 0 Å². The molecule has 0 saturated carbocycles. The van der Waals surface area contributed by atoms with Crippen LogP contribution in [0.15, 0.2) is 12.7 Å². The molecule has 1 aliphatic heterocycles. The van der Waals surface area contributed by atoms with Crippen LogP contribution < -0.4 is 0 Å². The van der Waals surface area contributed by atoms with Crippen LogP contribution in [-0.4, -0.2) is 31.7 Å². The molecule has 1 rings (SSSR count). The largest absolute Gasteiger partial charge is 0.303 e. The molecule has 1 heterocycles. The molecular weight excluding hydrogens is 186 g/mol. The normalized spacial score (nSPS) is 24.9. The predicted molar refractivity (Wildman–Crippen MR) is 67.4 cm³/mol. The summed E-state index contributed by atoms with van der Waals surface area (Å²) in [7, 11) is -0.978. The maximum atomic E-state index is 3.82. The highest BCUT2D eigenvalue weighted by atomic mass is 28.3. The number of rotatable bonds is 4. The van der Waals surface area contributed by atoms with Gasteiger partial charge < -0.3 is 4.90 Å². The quantitative estimate of drug-likeness (QED) is 0.509.